The van der Waals surface area contributed by atoms with Crippen molar-refractivity contribution in [3.63, 3.8) is 0 Å². The standard InChI is InChI=1S/C13H23N3O3/c1-13(11(17)18)6-2-3-8-16(13)12(19)15-7-4-5-10(14)9-15/h10H,2-9,14H2,1H3,(H,17,18). The van der Waals surface area contributed by atoms with Crippen molar-refractivity contribution in [1.29, 1.82) is 0 Å². The molecule has 2 aliphatic rings. The van der Waals surface area contributed by atoms with Crippen LogP contribution in [0.25, 0.3) is 0 Å². The Morgan fingerprint density at radius 1 is 1.26 bits per heavy atom. The van der Waals surface area contributed by atoms with E-state index in [-0.39, 0.29) is 12.1 Å². The molecule has 2 amide bonds. The molecule has 0 radical (unpaired) electrons. The van der Waals surface area contributed by atoms with Gasteiger partial charge < -0.3 is 20.6 Å². The lowest BCUT2D eigenvalue weighted by Gasteiger charge is -2.45. The second-order valence-corrected chi connectivity index (χ2v) is 5.82. The Balaban J connectivity index is 2.13. The number of hydrogen-bond donors (Lipinski definition) is 2. The lowest BCUT2D eigenvalue weighted by Crippen LogP contribution is -2.62. The lowest BCUT2D eigenvalue weighted by molar-refractivity contribution is -0.150. The molecule has 0 aromatic rings. The summed E-state index contributed by atoms with van der Waals surface area (Å²) in [6, 6.07) is -0.154. The number of nitrogens with zero attached hydrogens (tertiary/aromatic N) is 2. The Hall–Kier alpha value is -1.30. The van der Waals surface area contributed by atoms with E-state index in [1.807, 2.05) is 0 Å². The van der Waals surface area contributed by atoms with Crippen molar-refractivity contribution in [3.8, 4) is 0 Å². The minimum atomic E-state index is -1.07. The average Bonchev–Trinajstić information content (AvgIpc) is 2.38. The van der Waals surface area contributed by atoms with Crippen LogP contribution in [0.2, 0.25) is 0 Å². The summed E-state index contributed by atoms with van der Waals surface area (Å²) < 4.78 is 0. The van der Waals surface area contributed by atoms with Gasteiger partial charge in [0.05, 0.1) is 0 Å². The van der Waals surface area contributed by atoms with Gasteiger partial charge >= 0.3 is 12.0 Å². The normalized spacial score (nSPS) is 32.2. The van der Waals surface area contributed by atoms with Crippen molar-refractivity contribution in [2.75, 3.05) is 19.6 Å². The number of urea groups is 1. The van der Waals surface area contributed by atoms with Gasteiger partial charge in [0, 0.05) is 25.7 Å². The molecule has 2 unspecified atom stereocenters. The first-order valence-corrected chi connectivity index (χ1v) is 7.00. The summed E-state index contributed by atoms with van der Waals surface area (Å²) >= 11 is 0. The predicted molar refractivity (Wildman–Crippen MR) is 70.8 cm³/mol. The van der Waals surface area contributed by atoms with E-state index >= 15 is 0 Å². The Kier molecular flexibility index (Phi) is 3.99. The summed E-state index contributed by atoms with van der Waals surface area (Å²) in [4.78, 5) is 27.3. The number of piperidine rings is 2. The third-order valence-electron chi connectivity index (χ3n) is 4.31. The van der Waals surface area contributed by atoms with Crippen molar-refractivity contribution in [3.05, 3.63) is 0 Å². The highest BCUT2D eigenvalue weighted by Crippen LogP contribution is 2.29. The van der Waals surface area contributed by atoms with Crippen molar-refractivity contribution in [1.82, 2.24) is 9.80 Å². The maximum atomic E-state index is 12.6. The van der Waals surface area contributed by atoms with Crippen molar-refractivity contribution >= 4 is 12.0 Å². The third kappa shape index (κ3) is 2.68. The van der Waals surface area contributed by atoms with Gasteiger partial charge in [0.25, 0.3) is 0 Å². The minimum absolute atomic E-state index is 0.0126. The van der Waals surface area contributed by atoms with Crippen LogP contribution in [-0.2, 0) is 4.79 Å². The molecule has 19 heavy (non-hydrogen) atoms. The van der Waals surface area contributed by atoms with Gasteiger partial charge in [-0.3, -0.25) is 0 Å². The smallest absolute Gasteiger partial charge is 0.329 e. The van der Waals surface area contributed by atoms with Crippen LogP contribution in [-0.4, -0.2) is 58.1 Å². The van der Waals surface area contributed by atoms with Gasteiger partial charge in [-0.25, -0.2) is 9.59 Å². The highest BCUT2D eigenvalue weighted by atomic mass is 16.4. The Morgan fingerprint density at radius 3 is 2.63 bits per heavy atom. The third-order valence-corrected chi connectivity index (χ3v) is 4.31. The van der Waals surface area contributed by atoms with Crippen LogP contribution in [0.5, 0.6) is 0 Å². The number of rotatable bonds is 1. The van der Waals surface area contributed by atoms with Crippen LogP contribution in [0.1, 0.15) is 39.0 Å². The monoisotopic (exact) mass is 269 g/mol. The number of carbonyl (C=O) groups excluding carboxylic acids is 1. The predicted octanol–water partition coefficient (Wildman–Crippen LogP) is 0.859. The number of nitrogens with two attached hydrogens (primary N) is 1. The molecule has 3 N–H and O–H groups in total. The number of amides is 2. The molecule has 108 valence electrons. The Labute approximate surface area is 113 Å². The number of likely N-dealkylation sites (tertiary alicyclic amines) is 2. The van der Waals surface area contributed by atoms with E-state index in [4.69, 9.17) is 5.73 Å². The lowest BCUT2D eigenvalue weighted by atomic mass is 9.88. The first-order valence-electron chi connectivity index (χ1n) is 7.00. The van der Waals surface area contributed by atoms with Crippen molar-refractivity contribution < 1.29 is 14.7 Å². The molecular weight excluding hydrogens is 246 g/mol. The molecule has 6 heteroatoms. The molecule has 0 bridgehead atoms. The van der Waals surface area contributed by atoms with Gasteiger partial charge in [-0.15, -0.1) is 0 Å². The van der Waals surface area contributed by atoms with Crippen LogP contribution >= 0.6 is 0 Å². The van der Waals surface area contributed by atoms with E-state index in [1.165, 1.54) is 4.90 Å². The average molecular weight is 269 g/mol. The van der Waals surface area contributed by atoms with E-state index in [0.717, 1.165) is 25.7 Å². The molecule has 0 aromatic heterocycles. The second kappa shape index (κ2) is 5.36. The van der Waals surface area contributed by atoms with Crippen LogP contribution in [0, 0.1) is 0 Å². The fourth-order valence-electron chi connectivity index (χ4n) is 3.00. The number of carboxylic acids is 1. The quantitative estimate of drug-likeness (QED) is 0.739. The summed E-state index contributed by atoms with van der Waals surface area (Å²) in [6.07, 6.45) is 4.07. The van der Waals surface area contributed by atoms with Gasteiger partial charge in [-0.2, -0.15) is 0 Å². The highest BCUT2D eigenvalue weighted by Gasteiger charge is 2.45. The summed E-state index contributed by atoms with van der Waals surface area (Å²) in [5, 5.41) is 9.43. The largest absolute Gasteiger partial charge is 0.480 e. The molecule has 2 saturated heterocycles. The molecule has 0 spiro atoms. The molecule has 0 aliphatic carbocycles. The Morgan fingerprint density at radius 2 is 2.00 bits per heavy atom. The summed E-state index contributed by atoms with van der Waals surface area (Å²) in [7, 11) is 0. The van der Waals surface area contributed by atoms with Crippen LogP contribution in [0.15, 0.2) is 0 Å². The van der Waals surface area contributed by atoms with Gasteiger partial charge in [0.2, 0.25) is 0 Å². The highest BCUT2D eigenvalue weighted by molar-refractivity contribution is 5.86. The fraction of sp³-hybridized carbons (Fsp3) is 0.846. The van der Waals surface area contributed by atoms with E-state index in [1.54, 1.807) is 11.8 Å². The van der Waals surface area contributed by atoms with E-state index in [9.17, 15) is 14.7 Å². The zero-order valence-corrected chi connectivity index (χ0v) is 11.5. The van der Waals surface area contributed by atoms with E-state index in [2.05, 4.69) is 0 Å². The zero-order valence-electron chi connectivity index (χ0n) is 11.5. The minimum Gasteiger partial charge on any atom is -0.480 e. The summed E-state index contributed by atoms with van der Waals surface area (Å²) in [5.74, 6) is -0.915. The molecule has 2 fully saturated rings. The maximum absolute atomic E-state index is 12.6. The van der Waals surface area contributed by atoms with Crippen LogP contribution < -0.4 is 5.73 Å². The Bertz CT molecular complexity index is 374. The second-order valence-electron chi connectivity index (χ2n) is 5.82. The summed E-state index contributed by atoms with van der Waals surface area (Å²) in [5.41, 5.74) is 4.82. The number of aliphatic carboxylic acids is 1. The topological polar surface area (TPSA) is 86.9 Å². The van der Waals surface area contributed by atoms with Crippen molar-refractivity contribution in [2.45, 2.75) is 50.6 Å². The van der Waals surface area contributed by atoms with Gasteiger partial charge in [0.1, 0.15) is 5.54 Å². The first kappa shape index (κ1) is 14.1. The molecule has 2 atom stereocenters. The van der Waals surface area contributed by atoms with E-state index < -0.39 is 11.5 Å². The molecule has 0 aromatic carbocycles. The fourth-order valence-corrected chi connectivity index (χ4v) is 3.00. The number of carbonyl (C=O) groups is 2. The van der Waals surface area contributed by atoms with Gasteiger partial charge in [-0.1, -0.05) is 0 Å². The van der Waals surface area contributed by atoms with Crippen molar-refractivity contribution in [2.24, 2.45) is 5.73 Å². The van der Waals surface area contributed by atoms with Crippen LogP contribution in [0.3, 0.4) is 0 Å². The number of carboxylic acid groups (broad SMARTS) is 1. The molecular formula is C13H23N3O3. The first-order chi connectivity index (χ1) is 8.95. The SMILES string of the molecule is CC1(C(=O)O)CCCCN1C(=O)N1CCCC(N)C1. The molecule has 2 heterocycles. The van der Waals surface area contributed by atoms with Gasteiger partial charge in [-0.05, 0) is 39.0 Å². The maximum Gasteiger partial charge on any atom is 0.329 e. The summed E-state index contributed by atoms with van der Waals surface area (Å²) in [6.45, 7) is 3.38. The molecule has 2 rings (SSSR count). The molecule has 6 nitrogen and oxygen atoms in total. The van der Waals surface area contributed by atoms with E-state index in [0.29, 0.717) is 26.1 Å². The van der Waals surface area contributed by atoms with Gasteiger partial charge in [0.15, 0.2) is 0 Å². The zero-order chi connectivity index (χ0) is 14.0. The number of hydrogen-bond acceptors (Lipinski definition) is 3. The van der Waals surface area contributed by atoms with Crippen LogP contribution in [0.4, 0.5) is 4.79 Å². The molecule has 0 saturated carbocycles. The molecule has 2 aliphatic heterocycles.